The number of hydrogen-bond acceptors (Lipinski definition) is 3. The highest BCUT2D eigenvalue weighted by Gasteiger charge is 2.32. The van der Waals surface area contributed by atoms with Gasteiger partial charge in [0.1, 0.15) is 0 Å². The summed E-state index contributed by atoms with van der Waals surface area (Å²) >= 11 is 0. The fourth-order valence-electron chi connectivity index (χ4n) is 2.34. The highest BCUT2D eigenvalue weighted by atomic mass is 32.2. The molecule has 102 valence electrons. The lowest BCUT2D eigenvalue weighted by Gasteiger charge is -2.24. The molecular weight excluding hydrogens is 236 g/mol. The van der Waals surface area contributed by atoms with Crippen LogP contribution in [0.25, 0.3) is 0 Å². The van der Waals surface area contributed by atoms with Gasteiger partial charge in [0.15, 0.2) is 0 Å². The van der Waals surface area contributed by atoms with Crippen molar-refractivity contribution in [3.63, 3.8) is 0 Å². The molecule has 0 aromatic heterocycles. The van der Waals surface area contributed by atoms with Gasteiger partial charge in [0.2, 0.25) is 10.0 Å². The normalized spacial score (nSPS) is 20.0. The van der Waals surface area contributed by atoms with Crippen molar-refractivity contribution in [1.29, 1.82) is 0 Å². The minimum atomic E-state index is -3.11. The maximum absolute atomic E-state index is 11.9. The summed E-state index contributed by atoms with van der Waals surface area (Å²) in [5.41, 5.74) is -0.190. The molecule has 0 aromatic carbocycles. The predicted molar refractivity (Wildman–Crippen MR) is 71.6 cm³/mol. The summed E-state index contributed by atoms with van der Waals surface area (Å²) in [4.78, 5) is 0. The van der Waals surface area contributed by atoms with E-state index in [1.165, 1.54) is 0 Å². The topological polar surface area (TPSA) is 58.2 Å². The van der Waals surface area contributed by atoms with Crippen LogP contribution in [0.2, 0.25) is 0 Å². The van der Waals surface area contributed by atoms with Gasteiger partial charge in [-0.05, 0) is 32.7 Å². The standard InChI is InChI=1S/C12H26N2O2S/c1-11(2)13-9-6-10-17(15,16)14-12(3)7-4-5-8-12/h11,13-14H,4-10H2,1-3H3. The fourth-order valence-corrected chi connectivity index (χ4v) is 3.92. The predicted octanol–water partition coefficient (Wildman–Crippen LogP) is 1.63. The van der Waals surface area contributed by atoms with E-state index in [9.17, 15) is 8.42 Å². The van der Waals surface area contributed by atoms with Gasteiger partial charge in [-0.1, -0.05) is 26.7 Å². The van der Waals surface area contributed by atoms with Crippen molar-refractivity contribution >= 4 is 10.0 Å². The van der Waals surface area contributed by atoms with Gasteiger partial charge in [-0.2, -0.15) is 0 Å². The summed E-state index contributed by atoms with van der Waals surface area (Å²) in [6, 6.07) is 0.415. The molecule has 0 heterocycles. The van der Waals surface area contributed by atoms with Gasteiger partial charge in [-0.25, -0.2) is 13.1 Å². The van der Waals surface area contributed by atoms with E-state index in [0.29, 0.717) is 12.5 Å². The molecule has 2 N–H and O–H groups in total. The summed E-state index contributed by atoms with van der Waals surface area (Å²) in [7, 11) is -3.11. The minimum absolute atomic E-state index is 0.190. The summed E-state index contributed by atoms with van der Waals surface area (Å²) in [6.45, 7) is 6.90. The molecule has 0 radical (unpaired) electrons. The zero-order valence-electron chi connectivity index (χ0n) is 11.3. The lowest BCUT2D eigenvalue weighted by molar-refractivity contribution is 0.426. The molecule has 17 heavy (non-hydrogen) atoms. The fraction of sp³-hybridized carbons (Fsp3) is 1.00. The van der Waals surface area contributed by atoms with Crippen LogP contribution in [0.1, 0.15) is 52.9 Å². The summed E-state index contributed by atoms with van der Waals surface area (Å²) in [5, 5.41) is 3.23. The van der Waals surface area contributed by atoms with E-state index in [-0.39, 0.29) is 11.3 Å². The number of hydrogen-bond donors (Lipinski definition) is 2. The van der Waals surface area contributed by atoms with Crippen LogP contribution < -0.4 is 10.0 Å². The van der Waals surface area contributed by atoms with Crippen molar-refractivity contribution in [2.75, 3.05) is 12.3 Å². The monoisotopic (exact) mass is 262 g/mol. The smallest absolute Gasteiger partial charge is 0.212 e. The first-order valence-electron chi connectivity index (χ1n) is 6.58. The highest BCUT2D eigenvalue weighted by molar-refractivity contribution is 7.89. The molecule has 1 fully saturated rings. The first-order valence-corrected chi connectivity index (χ1v) is 8.23. The number of rotatable bonds is 7. The third-order valence-electron chi connectivity index (χ3n) is 3.25. The molecule has 0 aromatic rings. The molecule has 1 rings (SSSR count). The Morgan fingerprint density at radius 1 is 1.24 bits per heavy atom. The van der Waals surface area contributed by atoms with Crippen molar-refractivity contribution in [2.24, 2.45) is 0 Å². The Kier molecular flexibility index (Phi) is 5.41. The third-order valence-corrected chi connectivity index (χ3v) is 4.88. The van der Waals surface area contributed by atoms with Crippen molar-refractivity contribution in [3.8, 4) is 0 Å². The Morgan fingerprint density at radius 2 is 1.82 bits per heavy atom. The molecule has 0 spiro atoms. The van der Waals surface area contributed by atoms with Crippen LogP contribution in [-0.4, -0.2) is 32.3 Å². The molecule has 4 nitrogen and oxygen atoms in total. The van der Waals surface area contributed by atoms with E-state index in [0.717, 1.165) is 32.2 Å². The van der Waals surface area contributed by atoms with Crippen LogP contribution in [0.3, 0.4) is 0 Å². The Labute approximate surface area is 106 Å². The second-order valence-corrected chi connectivity index (χ2v) is 7.49. The zero-order chi connectivity index (χ0) is 12.9. The minimum Gasteiger partial charge on any atom is -0.314 e. The molecule has 0 unspecified atom stereocenters. The summed E-state index contributed by atoms with van der Waals surface area (Å²) in [5.74, 6) is 0.225. The van der Waals surface area contributed by atoms with Crippen molar-refractivity contribution in [2.45, 2.75) is 64.5 Å². The Morgan fingerprint density at radius 3 is 2.35 bits per heavy atom. The largest absolute Gasteiger partial charge is 0.314 e. The molecule has 1 saturated carbocycles. The van der Waals surface area contributed by atoms with Crippen LogP contribution in [0.4, 0.5) is 0 Å². The van der Waals surface area contributed by atoms with Crippen molar-refractivity contribution < 1.29 is 8.42 Å². The van der Waals surface area contributed by atoms with E-state index >= 15 is 0 Å². The van der Waals surface area contributed by atoms with Gasteiger partial charge >= 0.3 is 0 Å². The zero-order valence-corrected chi connectivity index (χ0v) is 12.1. The van der Waals surface area contributed by atoms with E-state index in [4.69, 9.17) is 0 Å². The SMILES string of the molecule is CC(C)NCCCS(=O)(=O)NC1(C)CCCC1. The average Bonchev–Trinajstić information content (AvgIpc) is 2.58. The van der Waals surface area contributed by atoms with Crippen molar-refractivity contribution in [3.05, 3.63) is 0 Å². The van der Waals surface area contributed by atoms with Crippen LogP contribution in [0.5, 0.6) is 0 Å². The lowest BCUT2D eigenvalue weighted by atomic mass is 10.0. The highest BCUT2D eigenvalue weighted by Crippen LogP contribution is 2.29. The average molecular weight is 262 g/mol. The van der Waals surface area contributed by atoms with Crippen molar-refractivity contribution in [1.82, 2.24) is 10.0 Å². The first kappa shape index (κ1) is 14.9. The molecular formula is C12H26N2O2S. The number of nitrogens with one attached hydrogen (secondary N) is 2. The van der Waals surface area contributed by atoms with Gasteiger partial charge in [0.25, 0.3) is 0 Å². The lowest BCUT2D eigenvalue weighted by Crippen LogP contribution is -2.44. The Balaban J connectivity index is 2.31. The van der Waals surface area contributed by atoms with E-state index in [1.54, 1.807) is 0 Å². The quantitative estimate of drug-likeness (QED) is 0.686. The second-order valence-electron chi connectivity index (χ2n) is 5.65. The molecule has 5 heteroatoms. The maximum atomic E-state index is 11.9. The summed E-state index contributed by atoms with van der Waals surface area (Å²) < 4.78 is 26.7. The van der Waals surface area contributed by atoms with Gasteiger partial charge in [-0.3, -0.25) is 0 Å². The van der Waals surface area contributed by atoms with Crippen LogP contribution in [0.15, 0.2) is 0 Å². The van der Waals surface area contributed by atoms with E-state index in [1.807, 2.05) is 6.92 Å². The molecule has 0 bridgehead atoms. The van der Waals surface area contributed by atoms with E-state index in [2.05, 4.69) is 23.9 Å². The Hall–Kier alpha value is -0.130. The molecule has 0 saturated heterocycles. The first-order chi connectivity index (χ1) is 7.83. The van der Waals surface area contributed by atoms with E-state index < -0.39 is 10.0 Å². The summed E-state index contributed by atoms with van der Waals surface area (Å²) in [6.07, 6.45) is 4.87. The maximum Gasteiger partial charge on any atom is 0.212 e. The molecule has 0 amide bonds. The van der Waals surface area contributed by atoms with Gasteiger partial charge in [0, 0.05) is 11.6 Å². The molecule has 1 aliphatic rings. The van der Waals surface area contributed by atoms with Crippen LogP contribution in [0, 0.1) is 0 Å². The van der Waals surface area contributed by atoms with Crippen LogP contribution in [-0.2, 0) is 10.0 Å². The van der Waals surface area contributed by atoms with Crippen LogP contribution >= 0.6 is 0 Å². The Bertz CT molecular complexity index is 319. The molecule has 0 atom stereocenters. The van der Waals surface area contributed by atoms with Gasteiger partial charge in [-0.15, -0.1) is 0 Å². The van der Waals surface area contributed by atoms with Gasteiger partial charge in [0.05, 0.1) is 5.75 Å². The second kappa shape index (κ2) is 6.16. The molecule has 1 aliphatic carbocycles. The molecule has 0 aliphatic heterocycles. The third kappa shape index (κ3) is 5.84. The van der Waals surface area contributed by atoms with Gasteiger partial charge < -0.3 is 5.32 Å². The number of sulfonamides is 1.